The Hall–Kier alpha value is -3.49. The van der Waals surface area contributed by atoms with Gasteiger partial charge in [0.05, 0.1) is 6.20 Å². The minimum atomic E-state index is -0.680. The summed E-state index contributed by atoms with van der Waals surface area (Å²) in [7, 11) is 1.51. The number of nitrogens with zero attached hydrogens (tertiary/aromatic N) is 2. The lowest BCUT2D eigenvalue weighted by atomic mass is 9.96. The van der Waals surface area contributed by atoms with E-state index < -0.39 is 17.4 Å². The predicted octanol–water partition coefficient (Wildman–Crippen LogP) is 2.32. The first-order valence-corrected chi connectivity index (χ1v) is 8.13. The lowest BCUT2D eigenvalue weighted by Crippen LogP contribution is -2.41. The Labute approximate surface area is 156 Å². The average molecular weight is 371 g/mol. The van der Waals surface area contributed by atoms with Crippen LogP contribution in [0.1, 0.15) is 31.3 Å². The molecule has 0 aliphatic heterocycles. The summed E-state index contributed by atoms with van der Waals surface area (Å²) in [5.74, 6) is 0.348. The molecule has 3 N–H and O–H groups in total. The SMILES string of the molecule is CNC(=O)c1cc(Oc2ccc(NC(=O)NC(=O)C(C)(C)C)nc2)ccn1. The molecule has 2 aromatic heterocycles. The van der Waals surface area contributed by atoms with Gasteiger partial charge in [0.25, 0.3) is 5.91 Å². The smallest absolute Gasteiger partial charge is 0.327 e. The second kappa shape index (κ2) is 8.26. The van der Waals surface area contributed by atoms with Crippen LogP contribution >= 0.6 is 0 Å². The molecule has 9 nitrogen and oxygen atoms in total. The Morgan fingerprint density at radius 1 is 1.04 bits per heavy atom. The summed E-state index contributed by atoms with van der Waals surface area (Å²) >= 11 is 0. The number of anilines is 1. The first-order chi connectivity index (χ1) is 12.7. The summed E-state index contributed by atoms with van der Waals surface area (Å²) in [5, 5.41) is 7.19. The summed E-state index contributed by atoms with van der Waals surface area (Å²) < 4.78 is 5.62. The highest BCUT2D eigenvalue weighted by Crippen LogP contribution is 2.21. The molecule has 0 atom stereocenters. The quantitative estimate of drug-likeness (QED) is 0.758. The standard InChI is InChI=1S/C18H21N5O4/c1-18(2,3)16(25)23-17(26)22-14-6-5-12(10-21-14)27-11-7-8-20-13(9-11)15(24)19-4/h5-10H,1-4H3,(H,19,24)(H2,21,22,23,25,26). The van der Waals surface area contributed by atoms with Gasteiger partial charge >= 0.3 is 6.03 Å². The van der Waals surface area contributed by atoms with Gasteiger partial charge in [-0.2, -0.15) is 0 Å². The minimum Gasteiger partial charge on any atom is -0.456 e. The van der Waals surface area contributed by atoms with E-state index in [1.54, 1.807) is 32.9 Å². The van der Waals surface area contributed by atoms with E-state index in [-0.39, 0.29) is 17.4 Å². The normalized spacial score (nSPS) is 10.7. The van der Waals surface area contributed by atoms with E-state index in [1.165, 1.54) is 31.6 Å². The fourth-order valence-corrected chi connectivity index (χ4v) is 1.82. The molecule has 4 amide bonds. The maximum absolute atomic E-state index is 11.8. The third kappa shape index (κ3) is 5.77. The molecule has 0 unspecified atom stereocenters. The number of ether oxygens (including phenoxy) is 1. The van der Waals surface area contributed by atoms with Gasteiger partial charge in [0.1, 0.15) is 23.0 Å². The number of rotatable bonds is 4. The highest BCUT2D eigenvalue weighted by molar-refractivity contribution is 6.02. The molecule has 0 aliphatic rings. The van der Waals surface area contributed by atoms with Crippen LogP contribution < -0.4 is 20.7 Å². The monoisotopic (exact) mass is 371 g/mol. The lowest BCUT2D eigenvalue weighted by molar-refractivity contribution is -0.127. The summed E-state index contributed by atoms with van der Waals surface area (Å²) in [6.07, 6.45) is 2.86. The van der Waals surface area contributed by atoms with Gasteiger partial charge in [-0.3, -0.25) is 25.2 Å². The maximum Gasteiger partial charge on any atom is 0.327 e. The van der Waals surface area contributed by atoms with Crippen molar-refractivity contribution in [1.82, 2.24) is 20.6 Å². The van der Waals surface area contributed by atoms with Gasteiger partial charge in [-0.15, -0.1) is 0 Å². The van der Waals surface area contributed by atoms with E-state index in [0.29, 0.717) is 11.5 Å². The second-order valence-electron chi connectivity index (χ2n) is 6.60. The largest absolute Gasteiger partial charge is 0.456 e. The number of hydrogen-bond acceptors (Lipinski definition) is 6. The molecule has 2 aromatic rings. The van der Waals surface area contributed by atoms with Crippen molar-refractivity contribution in [2.75, 3.05) is 12.4 Å². The first-order valence-electron chi connectivity index (χ1n) is 8.13. The number of carbonyl (C=O) groups excluding carboxylic acids is 3. The van der Waals surface area contributed by atoms with E-state index in [9.17, 15) is 14.4 Å². The maximum atomic E-state index is 11.8. The van der Waals surface area contributed by atoms with E-state index in [4.69, 9.17) is 4.74 Å². The van der Waals surface area contributed by atoms with Crippen LogP contribution in [0.4, 0.5) is 10.6 Å². The molecule has 2 heterocycles. The number of pyridine rings is 2. The van der Waals surface area contributed by atoms with Gasteiger partial charge in [-0.1, -0.05) is 20.8 Å². The van der Waals surface area contributed by atoms with Crippen molar-refractivity contribution >= 4 is 23.7 Å². The third-order valence-corrected chi connectivity index (χ3v) is 3.31. The third-order valence-electron chi connectivity index (χ3n) is 3.31. The zero-order valence-corrected chi connectivity index (χ0v) is 15.5. The number of imide groups is 1. The fourth-order valence-electron chi connectivity index (χ4n) is 1.82. The zero-order chi connectivity index (χ0) is 20.0. The van der Waals surface area contributed by atoms with Crippen molar-refractivity contribution in [3.05, 3.63) is 42.4 Å². The Kier molecular flexibility index (Phi) is 6.07. The van der Waals surface area contributed by atoms with Gasteiger partial charge in [-0.25, -0.2) is 9.78 Å². The van der Waals surface area contributed by atoms with Crippen LogP contribution in [0.15, 0.2) is 36.7 Å². The second-order valence-corrected chi connectivity index (χ2v) is 6.60. The molecule has 0 radical (unpaired) electrons. The van der Waals surface area contributed by atoms with Crippen LogP contribution in [0.5, 0.6) is 11.5 Å². The van der Waals surface area contributed by atoms with Crippen LogP contribution in [-0.4, -0.2) is 34.9 Å². The summed E-state index contributed by atoms with van der Waals surface area (Å²) in [6, 6.07) is 5.55. The van der Waals surface area contributed by atoms with Crippen LogP contribution in [0.25, 0.3) is 0 Å². The molecule has 2 rings (SSSR count). The van der Waals surface area contributed by atoms with Crippen molar-refractivity contribution in [2.24, 2.45) is 5.41 Å². The van der Waals surface area contributed by atoms with Crippen LogP contribution in [-0.2, 0) is 4.79 Å². The predicted molar refractivity (Wildman–Crippen MR) is 98.6 cm³/mol. The van der Waals surface area contributed by atoms with Crippen molar-refractivity contribution in [3.8, 4) is 11.5 Å². The molecule has 0 aliphatic carbocycles. The summed E-state index contributed by atoms with van der Waals surface area (Å²) in [6.45, 7) is 5.11. The minimum absolute atomic E-state index is 0.224. The van der Waals surface area contributed by atoms with Crippen molar-refractivity contribution in [2.45, 2.75) is 20.8 Å². The van der Waals surface area contributed by atoms with Gasteiger partial charge in [-0.05, 0) is 18.2 Å². The van der Waals surface area contributed by atoms with Crippen molar-refractivity contribution in [1.29, 1.82) is 0 Å². The van der Waals surface area contributed by atoms with Crippen LogP contribution in [0.3, 0.4) is 0 Å². The van der Waals surface area contributed by atoms with Crippen LogP contribution in [0, 0.1) is 5.41 Å². The number of urea groups is 1. The number of amides is 4. The summed E-state index contributed by atoms with van der Waals surface area (Å²) in [4.78, 5) is 43.2. The molecule has 0 spiro atoms. The fraction of sp³-hybridized carbons (Fsp3) is 0.278. The first kappa shape index (κ1) is 19.8. The molecule has 0 saturated heterocycles. The van der Waals surface area contributed by atoms with Crippen molar-refractivity contribution in [3.63, 3.8) is 0 Å². The topological polar surface area (TPSA) is 122 Å². The molecule has 0 bridgehead atoms. The molecule has 142 valence electrons. The molecule has 9 heteroatoms. The van der Waals surface area contributed by atoms with Gasteiger partial charge in [0.2, 0.25) is 5.91 Å². The van der Waals surface area contributed by atoms with Gasteiger partial charge in [0.15, 0.2) is 0 Å². The average Bonchev–Trinajstić information content (AvgIpc) is 2.62. The highest BCUT2D eigenvalue weighted by Gasteiger charge is 2.23. The van der Waals surface area contributed by atoms with E-state index in [0.717, 1.165) is 0 Å². The number of carbonyl (C=O) groups is 3. The summed E-state index contributed by atoms with van der Waals surface area (Å²) in [5.41, 5.74) is -0.456. The lowest BCUT2D eigenvalue weighted by Gasteiger charge is -2.16. The molecule has 0 fully saturated rings. The Bertz CT molecular complexity index is 844. The van der Waals surface area contributed by atoms with E-state index in [2.05, 4.69) is 25.9 Å². The van der Waals surface area contributed by atoms with Gasteiger partial charge < -0.3 is 10.1 Å². The molecular formula is C18H21N5O4. The van der Waals surface area contributed by atoms with E-state index in [1.807, 2.05) is 0 Å². The Morgan fingerprint density at radius 3 is 2.37 bits per heavy atom. The number of hydrogen-bond donors (Lipinski definition) is 3. The molecular weight excluding hydrogens is 350 g/mol. The van der Waals surface area contributed by atoms with E-state index >= 15 is 0 Å². The Morgan fingerprint density at radius 2 is 1.78 bits per heavy atom. The number of aromatic nitrogens is 2. The molecule has 0 saturated carbocycles. The Balaban J connectivity index is 1.98. The zero-order valence-electron chi connectivity index (χ0n) is 15.5. The highest BCUT2D eigenvalue weighted by atomic mass is 16.5. The number of nitrogens with one attached hydrogen (secondary N) is 3. The molecule has 27 heavy (non-hydrogen) atoms. The van der Waals surface area contributed by atoms with Gasteiger partial charge in [0, 0.05) is 24.7 Å². The van der Waals surface area contributed by atoms with Crippen molar-refractivity contribution < 1.29 is 19.1 Å². The molecule has 0 aromatic carbocycles. The van der Waals surface area contributed by atoms with Crippen LogP contribution in [0.2, 0.25) is 0 Å².